The van der Waals surface area contributed by atoms with E-state index in [1.807, 2.05) is 31.2 Å². The van der Waals surface area contributed by atoms with Crippen LogP contribution in [0.3, 0.4) is 0 Å². The standard InChI is InChI=1S/C15H15BrN2O3/c1-10(11-4-3-5-12(16)8-11)17-14-7-6-13(18(19)20)9-15(14)21-2/h3-10,17H,1-2H3. The molecule has 2 rings (SSSR count). The zero-order valence-electron chi connectivity index (χ0n) is 11.7. The molecule has 0 saturated carbocycles. The average molecular weight is 351 g/mol. The van der Waals surface area contributed by atoms with Crippen LogP contribution in [0, 0.1) is 10.1 Å². The zero-order chi connectivity index (χ0) is 15.4. The normalized spacial score (nSPS) is 11.8. The molecule has 0 spiro atoms. The van der Waals surface area contributed by atoms with E-state index in [1.54, 1.807) is 6.07 Å². The summed E-state index contributed by atoms with van der Waals surface area (Å²) in [5.74, 6) is 0.450. The highest BCUT2D eigenvalue weighted by atomic mass is 79.9. The second kappa shape index (κ2) is 6.58. The molecule has 0 aliphatic heterocycles. The van der Waals surface area contributed by atoms with Crippen molar-refractivity contribution in [3.05, 3.63) is 62.6 Å². The van der Waals surface area contributed by atoms with E-state index < -0.39 is 4.92 Å². The monoisotopic (exact) mass is 350 g/mol. The topological polar surface area (TPSA) is 64.4 Å². The van der Waals surface area contributed by atoms with Crippen LogP contribution in [0.2, 0.25) is 0 Å². The molecule has 1 unspecified atom stereocenters. The second-order valence-corrected chi connectivity index (χ2v) is 5.48. The molecule has 1 atom stereocenters. The summed E-state index contributed by atoms with van der Waals surface area (Å²) in [6.07, 6.45) is 0. The van der Waals surface area contributed by atoms with Crippen LogP contribution in [-0.4, -0.2) is 12.0 Å². The third-order valence-corrected chi connectivity index (χ3v) is 3.61. The maximum atomic E-state index is 10.8. The fourth-order valence-corrected chi connectivity index (χ4v) is 2.42. The Hall–Kier alpha value is -2.08. The van der Waals surface area contributed by atoms with Crippen LogP contribution in [0.5, 0.6) is 5.75 Å². The van der Waals surface area contributed by atoms with Gasteiger partial charge in [0.05, 0.1) is 23.8 Å². The summed E-state index contributed by atoms with van der Waals surface area (Å²) in [5, 5.41) is 14.1. The predicted molar refractivity (Wildman–Crippen MR) is 85.8 cm³/mol. The lowest BCUT2D eigenvalue weighted by Gasteiger charge is -2.18. The van der Waals surface area contributed by atoms with Crippen molar-refractivity contribution in [1.29, 1.82) is 0 Å². The predicted octanol–water partition coefficient (Wildman–Crippen LogP) is 4.54. The number of halogens is 1. The maximum Gasteiger partial charge on any atom is 0.273 e. The summed E-state index contributed by atoms with van der Waals surface area (Å²) < 4.78 is 6.22. The fraction of sp³-hybridized carbons (Fsp3) is 0.200. The highest BCUT2D eigenvalue weighted by molar-refractivity contribution is 9.10. The van der Waals surface area contributed by atoms with Crippen molar-refractivity contribution in [1.82, 2.24) is 0 Å². The van der Waals surface area contributed by atoms with Crippen molar-refractivity contribution in [2.24, 2.45) is 0 Å². The van der Waals surface area contributed by atoms with Gasteiger partial charge in [-0.25, -0.2) is 0 Å². The molecule has 0 bridgehead atoms. The van der Waals surface area contributed by atoms with Gasteiger partial charge in [0.1, 0.15) is 5.75 Å². The Bertz CT molecular complexity index is 661. The van der Waals surface area contributed by atoms with Crippen LogP contribution in [0.15, 0.2) is 46.9 Å². The molecule has 0 aliphatic rings. The molecule has 21 heavy (non-hydrogen) atoms. The van der Waals surface area contributed by atoms with Crippen molar-refractivity contribution in [2.75, 3.05) is 12.4 Å². The molecule has 0 amide bonds. The molecule has 0 aliphatic carbocycles. The smallest absolute Gasteiger partial charge is 0.273 e. The minimum Gasteiger partial charge on any atom is -0.494 e. The van der Waals surface area contributed by atoms with Crippen molar-refractivity contribution in [3.8, 4) is 5.75 Å². The Morgan fingerprint density at radius 3 is 2.67 bits per heavy atom. The SMILES string of the molecule is COc1cc([N+](=O)[O-])ccc1NC(C)c1cccc(Br)c1. The van der Waals surface area contributed by atoms with Gasteiger partial charge in [0.25, 0.3) is 5.69 Å². The lowest BCUT2D eigenvalue weighted by molar-refractivity contribution is -0.384. The first-order chi connectivity index (χ1) is 10.0. The third kappa shape index (κ3) is 3.72. The maximum absolute atomic E-state index is 10.8. The van der Waals surface area contributed by atoms with E-state index >= 15 is 0 Å². The second-order valence-electron chi connectivity index (χ2n) is 4.56. The van der Waals surface area contributed by atoms with E-state index in [4.69, 9.17) is 4.74 Å². The first-order valence-corrected chi connectivity index (χ1v) is 7.15. The average Bonchev–Trinajstić information content (AvgIpc) is 2.47. The van der Waals surface area contributed by atoms with E-state index in [0.717, 1.165) is 15.7 Å². The molecule has 0 heterocycles. The van der Waals surface area contributed by atoms with E-state index in [1.165, 1.54) is 19.2 Å². The molecule has 2 aromatic rings. The number of anilines is 1. The summed E-state index contributed by atoms with van der Waals surface area (Å²) in [5.41, 5.74) is 1.83. The first-order valence-electron chi connectivity index (χ1n) is 6.35. The molecule has 6 heteroatoms. The van der Waals surface area contributed by atoms with Crippen LogP contribution < -0.4 is 10.1 Å². The number of ether oxygens (including phenoxy) is 1. The Kier molecular flexibility index (Phi) is 4.80. The summed E-state index contributed by atoms with van der Waals surface area (Å²) >= 11 is 3.44. The molecule has 5 nitrogen and oxygen atoms in total. The van der Waals surface area contributed by atoms with Crippen LogP contribution in [-0.2, 0) is 0 Å². The van der Waals surface area contributed by atoms with E-state index in [-0.39, 0.29) is 11.7 Å². The van der Waals surface area contributed by atoms with Gasteiger partial charge in [-0.05, 0) is 30.7 Å². The van der Waals surface area contributed by atoms with Gasteiger partial charge in [-0.15, -0.1) is 0 Å². The number of hydrogen-bond acceptors (Lipinski definition) is 4. The van der Waals surface area contributed by atoms with Crippen molar-refractivity contribution < 1.29 is 9.66 Å². The Labute approximate surface area is 131 Å². The Morgan fingerprint density at radius 2 is 2.05 bits per heavy atom. The van der Waals surface area contributed by atoms with Crippen molar-refractivity contribution in [3.63, 3.8) is 0 Å². The van der Waals surface area contributed by atoms with Gasteiger partial charge < -0.3 is 10.1 Å². The molecular formula is C15H15BrN2O3. The molecule has 110 valence electrons. The number of non-ortho nitro benzene ring substituents is 1. The van der Waals surface area contributed by atoms with Crippen LogP contribution in [0.1, 0.15) is 18.5 Å². The molecular weight excluding hydrogens is 336 g/mol. The molecule has 2 aromatic carbocycles. The lowest BCUT2D eigenvalue weighted by atomic mass is 10.1. The van der Waals surface area contributed by atoms with E-state index in [0.29, 0.717) is 5.75 Å². The van der Waals surface area contributed by atoms with Gasteiger partial charge in [0, 0.05) is 16.6 Å². The van der Waals surface area contributed by atoms with Crippen LogP contribution >= 0.6 is 15.9 Å². The van der Waals surface area contributed by atoms with Gasteiger partial charge in [-0.2, -0.15) is 0 Å². The summed E-state index contributed by atoms with van der Waals surface area (Å²) in [7, 11) is 1.49. The van der Waals surface area contributed by atoms with Gasteiger partial charge >= 0.3 is 0 Å². The lowest BCUT2D eigenvalue weighted by Crippen LogP contribution is -2.07. The number of nitrogens with one attached hydrogen (secondary N) is 1. The zero-order valence-corrected chi connectivity index (χ0v) is 13.3. The molecule has 1 N–H and O–H groups in total. The highest BCUT2D eigenvalue weighted by Gasteiger charge is 2.13. The number of nitro groups is 1. The molecule has 0 aromatic heterocycles. The number of benzene rings is 2. The van der Waals surface area contributed by atoms with Gasteiger partial charge in [0.2, 0.25) is 0 Å². The fourth-order valence-electron chi connectivity index (χ4n) is 2.01. The third-order valence-electron chi connectivity index (χ3n) is 3.12. The molecule has 0 saturated heterocycles. The van der Waals surface area contributed by atoms with Crippen LogP contribution in [0.25, 0.3) is 0 Å². The van der Waals surface area contributed by atoms with Gasteiger partial charge in [0.15, 0.2) is 0 Å². The Morgan fingerprint density at radius 1 is 1.29 bits per heavy atom. The number of rotatable bonds is 5. The number of hydrogen-bond donors (Lipinski definition) is 1. The van der Waals surface area contributed by atoms with E-state index in [2.05, 4.69) is 21.2 Å². The van der Waals surface area contributed by atoms with Crippen LogP contribution in [0.4, 0.5) is 11.4 Å². The number of nitrogens with zero attached hydrogens (tertiary/aromatic N) is 1. The summed E-state index contributed by atoms with van der Waals surface area (Å²) in [6.45, 7) is 2.02. The first kappa shape index (κ1) is 15.3. The minimum absolute atomic E-state index is 0.00695. The van der Waals surface area contributed by atoms with Gasteiger partial charge in [-0.1, -0.05) is 28.1 Å². The highest BCUT2D eigenvalue weighted by Crippen LogP contribution is 2.32. The number of methoxy groups -OCH3 is 1. The largest absolute Gasteiger partial charge is 0.494 e. The summed E-state index contributed by atoms with van der Waals surface area (Å²) in [4.78, 5) is 10.3. The quantitative estimate of drug-likeness (QED) is 0.635. The number of nitro benzene ring substituents is 1. The Balaban J connectivity index is 2.24. The molecule has 0 radical (unpaired) electrons. The van der Waals surface area contributed by atoms with Crippen molar-refractivity contribution >= 4 is 27.3 Å². The minimum atomic E-state index is -0.440. The summed E-state index contributed by atoms with van der Waals surface area (Å²) in [6, 6.07) is 12.5. The van der Waals surface area contributed by atoms with Crippen molar-refractivity contribution in [2.45, 2.75) is 13.0 Å². The van der Waals surface area contributed by atoms with Gasteiger partial charge in [-0.3, -0.25) is 10.1 Å². The molecule has 0 fully saturated rings. The van der Waals surface area contributed by atoms with E-state index in [9.17, 15) is 10.1 Å².